The van der Waals surface area contributed by atoms with Gasteiger partial charge in [-0.25, -0.2) is 4.79 Å². The number of carbonyl (C=O) groups is 1. The molecule has 1 saturated heterocycles. The Labute approximate surface area is 174 Å². The first-order valence-electron chi connectivity index (χ1n) is 10.4. The summed E-state index contributed by atoms with van der Waals surface area (Å²) in [5.74, 6) is 0.322. The lowest BCUT2D eigenvalue weighted by molar-refractivity contribution is 0.0162. The zero-order valence-corrected chi connectivity index (χ0v) is 17.7. The maximum Gasteiger partial charge on any atom is 0.410 e. The summed E-state index contributed by atoms with van der Waals surface area (Å²) in [4.78, 5) is 16.6. The Bertz CT molecular complexity index is 782. The van der Waals surface area contributed by atoms with Crippen molar-refractivity contribution in [3.05, 3.63) is 71.7 Å². The second-order valence-corrected chi connectivity index (χ2v) is 8.73. The van der Waals surface area contributed by atoms with E-state index in [1.165, 1.54) is 11.1 Å². The van der Waals surface area contributed by atoms with E-state index in [2.05, 4.69) is 35.4 Å². The molecule has 0 spiro atoms. The summed E-state index contributed by atoms with van der Waals surface area (Å²) in [5, 5.41) is 9.59. The molecule has 1 heterocycles. The Morgan fingerprint density at radius 1 is 1.21 bits per heavy atom. The van der Waals surface area contributed by atoms with Gasteiger partial charge in [-0.05, 0) is 63.3 Å². The van der Waals surface area contributed by atoms with E-state index >= 15 is 0 Å². The van der Waals surface area contributed by atoms with Gasteiger partial charge in [0.15, 0.2) is 0 Å². The van der Waals surface area contributed by atoms with Gasteiger partial charge in [0.05, 0.1) is 0 Å². The normalized spacial score (nSPS) is 19.2. The summed E-state index contributed by atoms with van der Waals surface area (Å²) in [6.45, 7) is 7.92. The number of benzene rings is 1. The van der Waals surface area contributed by atoms with Crippen LogP contribution in [0.15, 0.2) is 66.1 Å². The number of carbonyl (C=O) groups excluding carboxylic acids is 1. The molecule has 29 heavy (non-hydrogen) atoms. The van der Waals surface area contributed by atoms with Crippen LogP contribution in [-0.2, 0) is 11.3 Å². The van der Waals surface area contributed by atoms with Crippen molar-refractivity contribution in [3.63, 3.8) is 0 Å². The molecule has 0 aromatic heterocycles. The quantitative estimate of drug-likeness (QED) is 0.762. The lowest BCUT2D eigenvalue weighted by Gasteiger charge is -2.39. The molecular weight excluding hydrogens is 364 g/mol. The highest BCUT2D eigenvalue weighted by atomic mass is 16.6. The number of allylic oxidation sites excluding steroid dienone is 4. The molecule has 5 nitrogen and oxygen atoms in total. The summed E-state index contributed by atoms with van der Waals surface area (Å²) >= 11 is 0. The topological polar surface area (TPSA) is 53.0 Å². The summed E-state index contributed by atoms with van der Waals surface area (Å²) in [6, 6.07) is 10.8. The highest BCUT2D eigenvalue weighted by molar-refractivity contribution is 5.68. The molecule has 0 saturated carbocycles. The van der Waals surface area contributed by atoms with Crippen molar-refractivity contribution in [2.45, 2.75) is 58.2 Å². The van der Waals surface area contributed by atoms with Crippen LogP contribution < -0.4 is 0 Å². The largest absolute Gasteiger partial charge is 0.508 e. The van der Waals surface area contributed by atoms with E-state index < -0.39 is 5.60 Å². The molecule has 3 rings (SSSR count). The Morgan fingerprint density at radius 3 is 2.48 bits per heavy atom. The summed E-state index contributed by atoms with van der Waals surface area (Å²) < 4.78 is 5.52. The molecule has 156 valence electrons. The molecule has 0 unspecified atom stereocenters. The fourth-order valence-corrected chi connectivity index (χ4v) is 3.64. The van der Waals surface area contributed by atoms with Gasteiger partial charge in [-0.2, -0.15) is 0 Å². The highest BCUT2D eigenvalue weighted by Crippen LogP contribution is 2.24. The molecule has 1 aliphatic carbocycles. The third kappa shape index (κ3) is 6.41. The van der Waals surface area contributed by atoms with E-state index in [0.717, 1.165) is 25.8 Å². The Hall–Kier alpha value is -2.69. The van der Waals surface area contributed by atoms with Gasteiger partial charge in [-0.3, -0.25) is 0 Å². The van der Waals surface area contributed by atoms with Crippen LogP contribution in [0.25, 0.3) is 0 Å². The highest BCUT2D eigenvalue weighted by Gasteiger charge is 2.29. The molecule has 1 fully saturated rings. The molecule has 5 heteroatoms. The smallest absolute Gasteiger partial charge is 0.410 e. The van der Waals surface area contributed by atoms with Crippen LogP contribution in [0.3, 0.4) is 0 Å². The van der Waals surface area contributed by atoms with Crippen LogP contribution in [0.4, 0.5) is 4.79 Å². The third-order valence-corrected chi connectivity index (χ3v) is 5.14. The van der Waals surface area contributed by atoms with Gasteiger partial charge >= 0.3 is 6.09 Å². The van der Waals surface area contributed by atoms with Crippen molar-refractivity contribution in [2.24, 2.45) is 0 Å². The molecular formula is C24H32N2O3. The maximum atomic E-state index is 12.4. The second kappa shape index (κ2) is 9.21. The first-order chi connectivity index (χ1) is 13.8. The average Bonchev–Trinajstić information content (AvgIpc) is 2.69. The van der Waals surface area contributed by atoms with Gasteiger partial charge in [-0.15, -0.1) is 0 Å². The first-order valence-corrected chi connectivity index (χ1v) is 10.4. The average molecular weight is 397 g/mol. The Balaban J connectivity index is 1.68. The fraction of sp³-hybridized carbons (Fsp3) is 0.458. The summed E-state index contributed by atoms with van der Waals surface area (Å²) in [5.41, 5.74) is 1.97. The van der Waals surface area contributed by atoms with Crippen LogP contribution in [0, 0.1) is 0 Å². The lowest BCUT2D eigenvalue weighted by atomic mass is 10.0. The summed E-state index contributed by atoms with van der Waals surface area (Å²) in [6.07, 6.45) is 10.1. The third-order valence-electron chi connectivity index (χ3n) is 5.14. The van der Waals surface area contributed by atoms with E-state index in [1.807, 2.05) is 43.9 Å². The number of ether oxygens (including phenoxy) is 1. The van der Waals surface area contributed by atoms with E-state index in [9.17, 15) is 9.90 Å². The molecule has 1 aliphatic heterocycles. The van der Waals surface area contributed by atoms with Crippen LogP contribution in [-0.4, -0.2) is 45.7 Å². The zero-order valence-electron chi connectivity index (χ0n) is 17.7. The number of aliphatic hydroxyl groups excluding tert-OH is 1. The van der Waals surface area contributed by atoms with E-state index in [0.29, 0.717) is 24.9 Å². The molecule has 1 aromatic carbocycles. The standard InChI is InChI=1S/C24H32N2O3/c1-24(2,3)29-23(28)25-15-13-21(14-16-25)26(17-19-7-5-4-6-8-19)18-20-9-11-22(27)12-10-20/h4-9,11-12,18,21,27H,10,13-17H2,1-3H3. The van der Waals surface area contributed by atoms with Crippen molar-refractivity contribution in [1.82, 2.24) is 9.80 Å². The van der Waals surface area contributed by atoms with Gasteiger partial charge in [0.1, 0.15) is 11.4 Å². The minimum absolute atomic E-state index is 0.222. The number of piperidine rings is 1. The molecule has 1 amide bonds. The second-order valence-electron chi connectivity index (χ2n) is 8.73. The molecule has 1 aromatic rings. The number of hydrogen-bond acceptors (Lipinski definition) is 4. The molecule has 0 radical (unpaired) electrons. The van der Waals surface area contributed by atoms with Crippen LogP contribution in [0.1, 0.15) is 45.6 Å². The maximum absolute atomic E-state index is 12.4. The van der Waals surface area contributed by atoms with Crippen molar-refractivity contribution in [1.29, 1.82) is 0 Å². The minimum Gasteiger partial charge on any atom is -0.508 e. The van der Waals surface area contributed by atoms with Crippen molar-refractivity contribution < 1.29 is 14.6 Å². The predicted molar refractivity (Wildman–Crippen MR) is 115 cm³/mol. The Morgan fingerprint density at radius 2 is 1.90 bits per heavy atom. The number of nitrogens with zero attached hydrogens (tertiary/aromatic N) is 2. The summed E-state index contributed by atoms with van der Waals surface area (Å²) in [7, 11) is 0. The number of rotatable bonds is 4. The Kier molecular flexibility index (Phi) is 6.68. The minimum atomic E-state index is -0.468. The van der Waals surface area contributed by atoms with Crippen molar-refractivity contribution >= 4 is 6.09 Å². The SMILES string of the molecule is CC(C)(C)OC(=O)N1CCC(N(C=C2C=CC(O)=CC2)Cc2ccccc2)CC1. The molecule has 0 atom stereocenters. The molecule has 2 aliphatic rings. The van der Waals surface area contributed by atoms with E-state index in [-0.39, 0.29) is 6.09 Å². The number of likely N-dealkylation sites (tertiary alicyclic amines) is 1. The lowest BCUT2D eigenvalue weighted by Crippen LogP contribution is -2.46. The fourth-order valence-electron chi connectivity index (χ4n) is 3.64. The van der Waals surface area contributed by atoms with Crippen LogP contribution in [0.2, 0.25) is 0 Å². The van der Waals surface area contributed by atoms with Crippen molar-refractivity contribution in [3.8, 4) is 0 Å². The van der Waals surface area contributed by atoms with Gasteiger partial charge in [0, 0.05) is 31.9 Å². The van der Waals surface area contributed by atoms with E-state index in [1.54, 1.807) is 6.08 Å². The van der Waals surface area contributed by atoms with Gasteiger partial charge in [0.2, 0.25) is 0 Å². The number of amides is 1. The van der Waals surface area contributed by atoms with Crippen LogP contribution in [0.5, 0.6) is 0 Å². The molecule has 0 bridgehead atoms. The first kappa shape index (κ1) is 21.0. The van der Waals surface area contributed by atoms with Crippen LogP contribution >= 0.6 is 0 Å². The number of aliphatic hydroxyl groups is 1. The van der Waals surface area contributed by atoms with Gasteiger partial charge in [0.25, 0.3) is 0 Å². The zero-order chi connectivity index (χ0) is 20.9. The van der Waals surface area contributed by atoms with Gasteiger partial charge in [-0.1, -0.05) is 36.4 Å². The number of hydrogen-bond donors (Lipinski definition) is 1. The van der Waals surface area contributed by atoms with E-state index in [4.69, 9.17) is 4.74 Å². The van der Waals surface area contributed by atoms with Gasteiger partial charge < -0.3 is 19.6 Å². The predicted octanol–water partition coefficient (Wildman–Crippen LogP) is 5.17. The molecule has 1 N–H and O–H groups in total. The monoisotopic (exact) mass is 396 g/mol. The van der Waals surface area contributed by atoms with Crippen molar-refractivity contribution in [2.75, 3.05) is 13.1 Å².